The fourth-order valence-corrected chi connectivity index (χ4v) is 0.909. The zero-order chi connectivity index (χ0) is 9.84. The van der Waals surface area contributed by atoms with Crippen LogP contribution in [0.25, 0.3) is 0 Å². The van der Waals surface area contributed by atoms with Gasteiger partial charge in [-0.05, 0) is 0 Å². The molecule has 3 N–H and O–H groups in total. The summed E-state index contributed by atoms with van der Waals surface area (Å²) in [6.07, 6.45) is 0.713. The number of nitrogens with two attached hydrogens (primary N) is 1. The molecule has 0 aliphatic rings. The molecule has 0 spiro atoms. The molecule has 1 unspecified atom stereocenters. The average Bonchev–Trinajstić information content (AvgIpc) is 2.17. The summed E-state index contributed by atoms with van der Waals surface area (Å²) in [6, 6.07) is 1.72. The molecule has 0 aromatic carbocycles. The van der Waals surface area contributed by atoms with Crippen LogP contribution in [-0.4, -0.2) is 35.7 Å². The van der Waals surface area contributed by atoms with Crippen molar-refractivity contribution in [2.45, 2.75) is 6.10 Å². The van der Waals surface area contributed by atoms with E-state index in [1.165, 1.54) is 6.33 Å². The van der Waals surface area contributed by atoms with Crippen LogP contribution in [-0.2, 0) is 0 Å². The average molecular weight is 182 g/mol. The van der Waals surface area contributed by atoms with Crippen molar-refractivity contribution in [3.63, 3.8) is 0 Å². The van der Waals surface area contributed by atoms with Gasteiger partial charge < -0.3 is 15.7 Å². The Bertz CT molecular complexity index is 277. The second kappa shape index (κ2) is 4.15. The Morgan fingerprint density at radius 2 is 2.23 bits per heavy atom. The summed E-state index contributed by atoms with van der Waals surface area (Å²) in [7, 11) is 3.75. The Labute approximate surface area is 77.2 Å². The highest BCUT2D eigenvalue weighted by Crippen LogP contribution is 2.12. The van der Waals surface area contributed by atoms with Crippen LogP contribution in [0.1, 0.15) is 11.8 Å². The monoisotopic (exact) mass is 182 g/mol. The van der Waals surface area contributed by atoms with E-state index in [-0.39, 0.29) is 6.54 Å². The number of aromatic nitrogens is 2. The second-order valence-corrected chi connectivity index (χ2v) is 2.95. The fourth-order valence-electron chi connectivity index (χ4n) is 0.909. The summed E-state index contributed by atoms with van der Waals surface area (Å²) < 4.78 is 0. The van der Waals surface area contributed by atoms with Gasteiger partial charge in [0.15, 0.2) is 0 Å². The first-order valence-corrected chi connectivity index (χ1v) is 4.02. The van der Waals surface area contributed by atoms with Crippen LogP contribution in [0.4, 0.5) is 5.82 Å². The molecule has 0 aliphatic carbocycles. The lowest BCUT2D eigenvalue weighted by Crippen LogP contribution is -2.16. The van der Waals surface area contributed by atoms with E-state index in [2.05, 4.69) is 9.97 Å². The quantitative estimate of drug-likeness (QED) is 0.661. The molecule has 72 valence electrons. The molecule has 1 heterocycles. The Morgan fingerprint density at radius 1 is 1.54 bits per heavy atom. The van der Waals surface area contributed by atoms with Gasteiger partial charge in [0.25, 0.3) is 0 Å². The van der Waals surface area contributed by atoms with Crippen molar-refractivity contribution < 1.29 is 5.11 Å². The molecule has 1 aromatic heterocycles. The molecule has 5 nitrogen and oxygen atoms in total. The molecule has 0 saturated heterocycles. The summed E-state index contributed by atoms with van der Waals surface area (Å²) in [4.78, 5) is 9.78. The van der Waals surface area contributed by atoms with E-state index in [0.29, 0.717) is 5.69 Å². The maximum Gasteiger partial charge on any atom is 0.131 e. The minimum atomic E-state index is -0.707. The third kappa shape index (κ3) is 2.37. The Hall–Kier alpha value is -1.20. The number of nitrogens with zero attached hydrogens (tertiary/aromatic N) is 3. The number of anilines is 1. The van der Waals surface area contributed by atoms with Crippen molar-refractivity contribution in [3.05, 3.63) is 18.1 Å². The highest BCUT2D eigenvalue weighted by atomic mass is 16.3. The van der Waals surface area contributed by atoms with Gasteiger partial charge in [0.2, 0.25) is 0 Å². The van der Waals surface area contributed by atoms with Crippen molar-refractivity contribution in [1.29, 1.82) is 0 Å². The number of aliphatic hydroxyl groups excluding tert-OH is 1. The minimum Gasteiger partial charge on any atom is -0.385 e. The zero-order valence-electron chi connectivity index (χ0n) is 7.81. The van der Waals surface area contributed by atoms with E-state index in [1.54, 1.807) is 6.07 Å². The molecule has 0 amide bonds. The van der Waals surface area contributed by atoms with Gasteiger partial charge in [0, 0.05) is 26.7 Å². The van der Waals surface area contributed by atoms with Gasteiger partial charge in [-0.1, -0.05) is 0 Å². The van der Waals surface area contributed by atoms with Crippen molar-refractivity contribution in [2.75, 3.05) is 25.5 Å². The smallest absolute Gasteiger partial charge is 0.131 e. The highest BCUT2D eigenvalue weighted by molar-refractivity contribution is 5.37. The van der Waals surface area contributed by atoms with Crippen LogP contribution < -0.4 is 10.6 Å². The van der Waals surface area contributed by atoms with Crippen LogP contribution in [0.5, 0.6) is 0 Å². The van der Waals surface area contributed by atoms with Crippen molar-refractivity contribution in [1.82, 2.24) is 9.97 Å². The predicted molar refractivity (Wildman–Crippen MR) is 50.4 cm³/mol. The van der Waals surface area contributed by atoms with Crippen LogP contribution >= 0.6 is 0 Å². The molecule has 5 heteroatoms. The summed E-state index contributed by atoms with van der Waals surface area (Å²) >= 11 is 0. The zero-order valence-corrected chi connectivity index (χ0v) is 7.81. The SMILES string of the molecule is CN(C)c1cc(C(O)CN)ncn1. The summed E-state index contributed by atoms with van der Waals surface area (Å²) in [6.45, 7) is 0.171. The van der Waals surface area contributed by atoms with E-state index in [1.807, 2.05) is 19.0 Å². The van der Waals surface area contributed by atoms with E-state index in [0.717, 1.165) is 5.82 Å². The minimum absolute atomic E-state index is 0.171. The number of rotatable bonds is 3. The third-order valence-corrected chi connectivity index (χ3v) is 1.70. The Balaban J connectivity index is 2.91. The summed E-state index contributed by atoms with van der Waals surface area (Å²) in [5.41, 5.74) is 5.86. The largest absolute Gasteiger partial charge is 0.385 e. The summed E-state index contributed by atoms with van der Waals surface area (Å²) in [5, 5.41) is 9.40. The van der Waals surface area contributed by atoms with Crippen LogP contribution in [0.2, 0.25) is 0 Å². The first kappa shape index (κ1) is 9.88. The fraction of sp³-hybridized carbons (Fsp3) is 0.500. The molecule has 0 fully saturated rings. The molecular formula is C8H14N4O. The standard InChI is InChI=1S/C8H14N4O/c1-12(2)8-3-6(7(13)4-9)10-5-11-8/h3,5,7,13H,4,9H2,1-2H3. The van der Waals surface area contributed by atoms with Gasteiger partial charge in [-0.2, -0.15) is 0 Å². The molecular weight excluding hydrogens is 168 g/mol. The normalized spacial score (nSPS) is 12.6. The van der Waals surface area contributed by atoms with Gasteiger partial charge >= 0.3 is 0 Å². The van der Waals surface area contributed by atoms with E-state index in [9.17, 15) is 5.11 Å². The van der Waals surface area contributed by atoms with Crippen molar-refractivity contribution >= 4 is 5.82 Å². The second-order valence-electron chi connectivity index (χ2n) is 2.95. The number of hydrogen-bond acceptors (Lipinski definition) is 5. The van der Waals surface area contributed by atoms with Gasteiger partial charge in [0.05, 0.1) is 5.69 Å². The van der Waals surface area contributed by atoms with E-state index < -0.39 is 6.10 Å². The van der Waals surface area contributed by atoms with Crippen LogP contribution in [0.15, 0.2) is 12.4 Å². The molecule has 1 aromatic rings. The lowest BCUT2D eigenvalue weighted by molar-refractivity contribution is 0.181. The molecule has 0 radical (unpaired) electrons. The topological polar surface area (TPSA) is 75.3 Å². The maximum atomic E-state index is 9.40. The molecule has 13 heavy (non-hydrogen) atoms. The Morgan fingerprint density at radius 3 is 2.77 bits per heavy atom. The van der Waals surface area contributed by atoms with Gasteiger partial charge in [-0.3, -0.25) is 0 Å². The van der Waals surface area contributed by atoms with Crippen LogP contribution in [0.3, 0.4) is 0 Å². The van der Waals surface area contributed by atoms with E-state index in [4.69, 9.17) is 5.73 Å². The van der Waals surface area contributed by atoms with Gasteiger partial charge in [-0.15, -0.1) is 0 Å². The molecule has 0 saturated carbocycles. The summed E-state index contributed by atoms with van der Waals surface area (Å²) in [5.74, 6) is 0.762. The van der Waals surface area contributed by atoms with E-state index >= 15 is 0 Å². The third-order valence-electron chi connectivity index (χ3n) is 1.70. The lowest BCUT2D eigenvalue weighted by atomic mass is 10.2. The first-order valence-electron chi connectivity index (χ1n) is 4.02. The molecule has 0 bridgehead atoms. The van der Waals surface area contributed by atoms with Gasteiger partial charge in [0.1, 0.15) is 18.2 Å². The molecule has 0 aliphatic heterocycles. The number of hydrogen-bond donors (Lipinski definition) is 2. The predicted octanol–water partition coefficient (Wildman–Crippen LogP) is -0.465. The highest BCUT2D eigenvalue weighted by Gasteiger charge is 2.08. The molecule has 1 atom stereocenters. The maximum absolute atomic E-state index is 9.40. The number of aliphatic hydroxyl groups is 1. The lowest BCUT2D eigenvalue weighted by Gasteiger charge is -2.13. The van der Waals surface area contributed by atoms with Crippen molar-refractivity contribution in [2.24, 2.45) is 5.73 Å². The molecule has 1 rings (SSSR count). The van der Waals surface area contributed by atoms with Crippen molar-refractivity contribution in [3.8, 4) is 0 Å². The van der Waals surface area contributed by atoms with Crippen LogP contribution in [0, 0.1) is 0 Å². The van der Waals surface area contributed by atoms with Gasteiger partial charge in [-0.25, -0.2) is 9.97 Å². The first-order chi connectivity index (χ1) is 6.15. The Kier molecular flexibility index (Phi) is 3.16.